The molecule has 7 heteroatoms. The Kier molecular flexibility index (Phi) is 3.44. The topological polar surface area (TPSA) is 73.0 Å². The number of nitro groups is 1. The predicted molar refractivity (Wildman–Crippen MR) is 74.2 cm³/mol. The number of halogens is 1. The highest BCUT2D eigenvalue weighted by Gasteiger charge is 2.15. The lowest BCUT2D eigenvalue weighted by Crippen LogP contribution is -2.02. The lowest BCUT2D eigenvalue weighted by molar-refractivity contribution is -0.384. The van der Waals surface area contributed by atoms with Crippen molar-refractivity contribution in [2.24, 2.45) is 0 Å². The van der Waals surface area contributed by atoms with Crippen LogP contribution < -0.4 is 5.32 Å². The fraction of sp³-hybridized carbons (Fsp3) is 0.250. The standard InChI is InChI=1S/C12H13ClN4O2/c1-7-12(13)8(2)16(15-7)10-4-9(14-3)5-11(6-10)17(18)19/h4-6,14H,1-3H3. The molecule has 0 fully saturated rings. The summed E-state index contributed by atoms with van der Waals surface area (Å²) in [7, 11) is 1.71. The minimum atomic E-state index is -0.433. The van der Waals surface area contributed by atoms with E-state index in [1.807, 2.05) is 6.92 Å². The van der Waals surface area contributed by atoms with Crippen molar-refractivity contribution in [1.82, 2.24) is 9.78 Å². The minimum Gasteiger partial charge on any atom is -0.388 e. The first-order valence-corrected chi connectivity index (χ1v) is 6.01. The lowest BCUT2D eigenvalue weighted by Gasteiger charge is -2.07. The van der Waals surface area contributed by atoms with Crippen LogP contribution in [0.15, 0.2) is 18.2 Å². The Morgan fingerprint density at radius 3 is 2.53 bits per heavy atom. The van der Waals surface area contributed by atoms with E-state index in [0.717, 1.165) is 5.69 Å². The maximum atomic E-state index is 10.9. The highest BCUT2D eigenvalue weighted by atomic mass is 35.5. The molecule has 1 aromatic heterocycles. The molecule has 0 saturated carbocycles. The molecule has 0 aliphatic rings. The first-order valence-electron chi connectivity index (χ1n) is 5.63. The van der Waals surface area contributed by atoms with Crippen LogP contribution in [0.25, 0.3) is 5.69 Å². The van der Waals surface area contributed by atoms with E-state index in [9.17, 15) is 10.1 Å². The maximum Gasteiger partial charge on any atom is 0.273 e. The fourth-order valence-electron chi connectivity index (χ4n) is 1.84. The second kappa shape index (κ2) is 4.89. The minimum absolute atomic E-state index is 0.00512. The molecular formula is C12H13ClN4O2. The quantitative estimate of drug-likeness (QED) is 0.692. The Morgan fingerprint density at radius 1 is 1.37 bits per heavy atom. The van der Waals surface area contributed by atoms with Crippen LogP contribution in [0.4, 0.5) is 11.4 Å². The number of benzene rings is 1. The number of nitrogens with one attached hydrogen (secondary N) is 1. The summed E-state index contributed by atoms with van der Waals surface area (Å²) >= 11 is 6.09. The van der Waals surface area contributed by atoms with Gasteiger partial charge in [0.1, 0.15) is 0 Å². The third kappa shape index (κ3) is 2.39. The van der Waals surface area contributed by atoms with Crippen LogP contribution in [0.3, 0.4) is 0 Å². The van der Waals surface area contributed by atoms with Gasteiger partial charge in [-0.1, -0.05) is 11.6 Å². The van der Waals surface area contributed by atoms with E-state index in [1.54, 1.807) is 24.7 Å². The summed E-state index contributed by atoms with van der Waals surface area (Å²) in [6.07, 6.45) is 0. The van der Waals surface area contributed by atoms with Crippen molar-refractivity contribution >= 4 is 23.0 Å². The van der Waals surface area contributed by atoms with Crippen molar-refractivity contribution in [2.75, 3.05) is 12.4 Å². The van der Waals surface area contributed by atoms with Gasteiger partial charge in [0.2, 0.25) is 0 Å². The summed E-state index contributed by atoms with van der Waals surface area (Å²) in [5.74, 6) is 0. The molecule has 0 atom stereocenters. The summed E-state index contributed by atoms with van der Waals surface area (Å²) in [5, 5.41) is 18.7. The number of anilines is 1. The lowest BCUT2D eigenvalue weighted by atomic mass is 10.2. The third-order valence-corrected chi connectivity index (χ3v) is 3.40. The van der Waals surface area contributed by atoms with Crippen molar-refractivity contribution in [2.45, 2.75) is 13.8 Å². The van der Waals surface area contributed by atoms with Crippen molar-refractivity contribution in [1.29, 1.82) is 0 Å². The van der Waals surface area contributed by atoms with Crippen molar-refractivity contribution in [3.8, 4) is 5.69 Å². The smallest absolute Gasteiger partial charge is 0.273 e. The van der Waals surface area contributed by atoms with E-state index >= 15 is 0 Å². The number of rotatable bonds is 3. The zero-order chi connectivity index (χ0) is 14.2. The summed E-state index contributed by atoms with van der Waals surface area (Å²) in [5.41, 5.74) is 2.70. The van der Waals surface area contributed by atoms with Gasteiger partial charge in [-0.2, -0.15) is 5.10 Å². The van der Waals surface area contributed by atoms with Gasteiger partial charge in [-0.25, -0.2) is 4.68 Å². The maximum absolute atomic E-state index is 10.9. The molecule has 1 aromatic carbocycles. The molecule has 0 aliphatic heterocycles. The molecule has 2 aromatic rings. The van der Waals surface area contributed by atoms with Gasteiger partial charge in [0.05, 0.1) is 27.0 Å². The Hall–Kier alpha value is -2.08. The zero-order valence-corrected chi connectivity index (χ0v) is 11.5. The molecule has 0 spiro atoms. The highest BCUT2D eigenvalue weighted by Crippen LogP contribution is 2.27. The number of hydrogen-bond acceptors (Lipinski definition) is 4. The molecule has 2 rings (SSSR count). The number of aromatic nitrogens is 2. The van der Waals surface area contributed by atoms with Crippen LogP contribution in [0.1, 0.15) is 11.4 Å². The van der Waals surface area contributed by atoms with Crippen molar-refractivity contribution in [3.05, 3.63) is 44.7 Å². The first-order chi connectivity index (χ1) is 8.93. The average molecular weight is 281 g/mol. The molecule has 1 N–H and O–H groups in total. The van der Waals surface area contributed by atoms with Crippen LogP contribution >= 0.6 is 11.6 Å². The van der Waals surface area contributed by atoms with Crippen molar-refractivity contribution < 1.29 is 4.92 Å². The fourth-order valence-corrected chi connectivity index (χ4v) is 1.96. The molecule has 19 heavy (non-hydrogen) atoms. The second-order valence-electron chi connectivity index (χ2n) is 4.14. The Morgan fingerprint density at radius 2 is 2.05 bits per heavy atom. The number of hydrogen-bond donors (Lipinski definition) is 1. The monoisotopic (exact) mass is 280 g/mol. The van der Waals surface area contributed by atoms with Gasteiger partial charge < -0.3 is 5.32 Å². The van der Waals surface area contributed by atoms with Gasteiger partial charge in [-0.3, -0.25) is 10.1 Å². The second-order valence-corrected chi connectivity index (χ2v) is 4.52. The van der Waals surface area contributed by atoms with E-state index < -0.39 is 4.92 Å². The summed E-state index contributed by atoms with van der Waals surface area (Å²) in [4.78, 5) is 10.5. The normalized spacial score (nSPS) is 10.5. The van der Waals surface area contributed by atoms with Crippen LogP contribution in [0, 0.1) is 24.0 Å². The predicted octanol–water partition coefficient (Wildman–Crippen LogP) is 3.09. The first kappa shape index (κ1) is 13.4. The molecular weight excluding hydrogens is 268 g/mol. The van der Waals surface area contributed by atoms with Crippen molar-refractivity contribution in [3.63, 3.8) is 0 Å². The number of non-ortho nitro benzene ring substituents is 1. The van der Waals surface area contributed by atoms with Crippen LogP contribution in [0.2, 0.25) is 5.02 Å². The van der Waals surface area contributed by atoms with Gasteiger partial charge in [0.25, 0.3) is 5.69 Å². The molecule has 0 saturated heterocycles. The SMILES string of the molecule is CNc1cc(-n2nc(C)c(Cl)c2C)cc([N+](=O)[O-])c1. The Balaban J connectivity index is 2.64. The largest absolute Gasteiger partial charge is 0.388 e. The van der Waals surface area contributed by atoms with Gasteiger partial charge >= 0.3 is 0 Å². The molecule has 0 unspecified atom stereocenters. The Labute approximate surface area is 115 Å². The van der Waals surface area contributed by atoms with Crippen LogP contribution in [-0.2, 0) is 0 Å². The van der Waals surface area contributed by atoms with Gasteiger partial charge in [0, 0.05) is 24.9 Å². The molecule has 0 aliphatic carbocycles. The van der Waals surface area contributed by atoms with Gasteiger partial charge in [-0.05, 0) is 19.9 Å². The average Bonchev–Trinajstić information content (AvgIpc) is 2.66. The van der Waals surface area contributed by atoms with E-state index in [-0.39, 0.29) is 5.69 Å². The molecule has 0 amide bonds. The number of aryl methyl sites for hydroxylation is 1. The molecule has 1 heterocycles. The summed E-state index contributed by atoms with van der Waals surface area (Å²) in [6.45, 7) is 3.61. The Bertz CT molecular complexity index is 651. The van der Waals surface area contributed by atoms with Crippen LogP contribution in [-0.4, -0.2) is 21.8 Å². The zero-order valence-electron chi connectivity index (χ0n) is 10.8. The van der Waals surface area contributed by atoms with E-state index in [0.29, 0.717) is 22.1 Å². The molecule has 0 bridgehead atoms. The van der Waals surface area contributed by atoms with Gasteiger partial charge in [0.15, 0.2) is 0 Å². The molecule has 0 radical (unpaired) electrons. The molecule has 6 nitrogen and oxygen atoms in total. The highest BCUT2D eigenvalue weighted by molar-refractivity contribution is 6.31. The van der Waals surface area contributed by atoms with Gasteiger partial charge in [-0.15, -0.1) is 0 Å². The molecule has 100 valence electrons. The summed E-state index contributed by atoms with van der Waals surface area (Å²) < 4.78 is 1.60. The number of nitro benzene ring substituents is 1. The van der Waals surface area contributed by atoms with Crippen LogP contribution in [0.5, 0.6) is 0 Å². The summed E-state index contributed by atoms with van der Waals surface area (Å²) in [6, 6.07) is 4.72. The van der Waals surface area contributed by atoms with E-state index in [2.05, 4.69) is 10.4 Å². The third-order valence-electron chi connectivity index (χ3n) is 2.85. The van der Waals surface area contributed by atoms with E-state index in [4.69, 9.17) is 11.6 Å². The van der Waals surface area contributed by atoms with E-state index in [1.165, 1.54) is 12.1 Å². The number of nitrogens with zero attached hydrogens (tertiary/aromatic N) is 3.